The third-order valence-electron chi connectivity index (χ3n) is 3.79. The molecule has 0 radical (unpaired) electrons. The standard InChI is InChI=1S/C16H17F2NO3/c1-2-21-12-6-3-10(4-7-12)16(20)22-13-8-5-11(9-19)14(17)15(13)18/h5,8,10,12H,2-4,6-7H2,1H3/t10-,12-. The molecule has 22 heavy (non-hydrogen) atoms. The van der Waals surface area contributed by atoms with E-state index in [4.69, 9.17) is 14.7 Å². The van der Waals surface area contributed by atoms with E-state index >= 15 is 0 Å². The largest absolute Gasteiger partial charge is 0.423 e. The second-order valence-electron chi connectivity index (χ2n) is 5.20. The number of hydrogen-bond donors (Lipinski definition) is 0. The normalized spacial score (nSPS) is 21.2. The van der Waals surface area contributed by atoms with Crippen molar-refractivity contribution in [3.05, 3.63) is 29.3 Å². The van der Waals surface area contributed by atoms with Gasteiger partial charge in [-0.15, -0.1) is 0 Å². The summed E-state index contributed by atoms with van der Waals surface area (Å²) in [6.45, 7) is 2.55. The highest BCUT2D eigenvalue weighted by atomic mass is 19.2. The minimum atomic E-state index is -1.31. The molecule has 1 aliphatic carbocycles. The van der Waals surface area contributed by atoms with Gasteiger partial charge in [-0.25, -0.2) is 4.39 Å². The number of esters is 1. The van der Waals surface area contributed by atoms with E-state index in [1.165, 1.54) is 6.07 Å². The van der Waals surface area contributed by atoms with Gasteiger partial charge in [0.05, 0.1) is 17.6 Å². The lowest BCUT2D eigenvalue weighted by Crippen LogP contribution is -2.29. The van der Waals surface area contributed by atoms with E-state index in [2.05, 4.69) is 0 Å². The van der Waals surface area contributed by atoms with Crippen molar-refractivity contribution in [2.24, 2.45) is 5.92 Å². The summed E-state index contributed by atoms with van der Waals surface area (Å²) in [7, 11) is 0. The van der Waals surface area contributed by atoms with Crippen LogP contribution in [0.5, 0.6) is 5.75 Å². The summed E-state index contributed by atoms with van der Waals surface area (Å²) in [5.41, 5.74) is -0.422. The minimum Gasteiger partial charge on any atom is -0.423 e. The first-order valence-corrected chi connectivity index (χ1v) is 7.28. The van der Waals surface area contributed by atoms with Gasteiger partial charge in [0, 0.05) is 6.61 Å². The van der Waals surface area contributed by atoms with E-state index in [0.29, 0.717) is 19.4 Å². The highest BCUT2D eigenvalue weighted by Crippen LogP contribution is 2.29. The van der Waals surface area contributed by atoms with Crippen molar-refractivity contribution in [1.82, 2.24) is 0 Å². The highest BCUT2D eigenvalue weighted by Gasteiger charge is 2.29. The molecule has 1 aromatic carbocycles. The van der Waals surface area contributed by atoms with E-state index < -0.39 is 28.9 Å². The number of carbonyl (C=O) groups excluding carboxylic acids is 1. The summed E-state index contributed by atoms with van der Waals surface area (Å²) in [6.07, 6.45) is 2.85. The fourth-order valence-corrected chi connectivity index (χ4v) is 2.59. The number of hydrogen-bond acceptors (Lipinski definition) is 4. The Bertz CT molecular complexity index is 590. The molecule has 0 bridgehead atoms. The topological polar surface area (TPSA) is 59.3 Å². The fourth-order valence-electron chi connectivity index (χ4n) is 2.59. The summed E-state index contributed by atoms with van der Waals surface area (Å²) in [5, 5.41) is 8.61. The molecule has 0 aliphatic heterocycles. The summed E-state index contributed by atoms with van der Waals surface area (Å²) >= 11 is 0. The Hall–Kier alpha value is -2.00. The van der Waals surface area contributed by atoms with Crippen molar-refractivity contribution < 1.29 is 23.0 Å². The van der Waals surface area contributed by atoms with E-state index in [9.17, 15) is 13.6 Å². The molecule has 0 unspecified atom stereocenters. The van der Waals surface area contributed by atoms with Gasteiger partial charge in [-0.3, -0.25) is 4.79 Å². The van der Waals surface area contributed by atoms with Crippen molar-refractivity contribution in [3.63, 3.8) is 0 Å². The number of rotatable bonds is 4. The Labute approximate surface area is 127 Å². The van der Waals surface area contributed by atoms with Gasteiger partial charge in [0.15, 0.2) is 11.6 Å². The van der Waals surface area contributed by atoms with E-state index in [1.54, 1.807) is 0 Å². The first-order chi connectivity index (χ1) is 10.6. The van der Waals surface area contributed by atoms with Crippen LogP contribution in [0.2, 0.25) is 0 Å². The summed E-state index contributed by atoms with van der Waals surface area (Å²) < 4.78 is 37.7. The Morgan fingerprint density at radius 2 is 1.95 bits per heavy atom. The molecule has 0 heterocycles. The molecule has 0 amide bonds. The minimum absolute atomic E-state index is 0.151. The second-order valence-corrected chi connectivity index (χ2v) is 5.20. The van der Waals surface area contributed by atoms with Crippen LogP contribution >= 0.6 is 0 Å². The number of nitrogens with zero attached hydrogens (tertiary/aromatic N) is 1. The SMILES string of the molecule is CCO[C@H]1CC[C@H](C(=O)Oc2ccc(C#N)c(F)c2F)CC1. The molecule has 0 atom stereocenters. The molecule has 2 rings (SSSR count). The third-order valence-corrected chi connectivity index (χ3v) is 3.79. The van der Waals surface area contributed by atoms with Crippen molar-refractivity contribution in [2.45, 2.75) is 38.7 Å². The average Bonchev–Trinajstić information content (AvgIpc) is 2.53. The molecule has 1 saturated carbocycles. The van der Waals surface area contributed by atoms with E-state index in [0.717, 1.165) is 25.0 Å². The van der Waals surface area contributed by atoms with Gasteiger partial charge < -0.3 is 9.47 Å². The van der Waals surface area contributed by atoms with E-state index in [1.807, 2.05) is 6.92 Å². The Morgan fingerprint density at radius 1 is 1.27 bits per heavy atom. The van der Waals surface area contributed by atoms with Crippen molar-refractivity contribution in [1.29, 1.82) is 5.26 Å². The van der Waals surface area contributed by atoms with E-state index in [-0.39, 0.29) is 12.0 Å². The zero-order valence-electron chi connectivity index (χ0n) is 12.3. The zero-order valence-corrected chi connectivity index (χ0v) is 12.3. The number of halogens is 2. The maximum Gasteiger partial charge on any atom is 0.314 e. The van der Waals surface area contributed by atoms with Crippen LogP contribution in [-0.4, -0.2) is 18.7 Å². The molecule has 0 spiro atoms. The Kier molecular flexibility index (Phi) is 5.45. The molecular weight excluding hydrogens is 292 g/mol. The molecular formula is C16H17F2NO3. The van der Waals surface area contributed by atoms with Crippen LogP contribution in [0.4, 0.5) is 8.78 Å². The summed E-state index contributed by atoms with van der Waals surface area (Å²) in [6, 6.07) is 3.72. The van der Waals surface area contributed by atoms with Crippen LogP contribution in [-0.2, 0) is 9.53 Å². The van der Waals surface area contributed by atoms with Crippen LogP contribution in [0.15, 0.2) is 12.1 Å². The summed E-state index contributed by atoms with van der Waals surface area (Å²) in [4.78, 5) is 12.0. The lowest BCUT2D eigenvalue weighted by Gasteiger charge is -2.26. The molecule has 1 aliphatic rings. The third kappa shape index (κ3) is 3.60. The average molecular weight is 309 g/mol. The highest BCUT2D eigenvalue weighted by molar-refractivity contribution is 5.75. The first-order valence-electron chi connectivity index (χ1n) is 7.28. The predicted molar refractivity (Wildman–Crippen MR) is 74.1 cm³/mol. The lowest BCUT2D eigenvalue weighted by atomic mass is 9.87. The number of benzene rings is 1. The van der Waals surface area contributed by atoms with Crippen LogP contribution < -0.4 is 4.74 Å². The van der Waals surface area contributed by atoms with Gasteiger partial charge in [0.25, 0.3) is 0 Å². The first kappa shape index (κ1) is 16.4. The van der Waals surface area contributed by atoms with Crippen LogP contribution in [0, 0.1) is 28.9 Å². The predicted octanol–water partition coefficient (Wildman–Crippen LogP) is 3.34. The fraction of sp³-hybridized carbons (Fsp3) is 0.500. The van der Waals surface area contributed by atoms with Gasteiger partial charge in [-0.2, -0.15) is 9.65 Å². The molecule has 1 aromatic rings. The molecule has 4 nitrogen and oxygen atoms in total. The van der Waals surface area contributed by atoms with Gasteiger partial charge in [-0.1, -0.05) is 0 Å². The molecule has 0 saturated heterocycles. The Balaban J connectivity index is 1.99. The van der Waals surface area contributed by atoms with Crippen molar-refractivity contribution in [3.8, 4) is 11.8 Å². The van der Waals surface area contributed by atoms with Crippen molar-refractivity contribution >= 4 is 5.97 Å². The zero-order chi connectivity index (χ0) is 16.1. The van der Waals surface area contributed by atoms with Crippen LogP contribution in [0.3, 0.4) is 0 Å². The van der Waals surface area contributed by atoms with Gasteiger partial charge in [-0.05, 0) is 44.7 Å². The maximum atomic E-state index is 13.7. The Morgan fingerprint density at radius 3 is 2.55 bits per heavy atom. The van der Waals surface area contributed by atoms with Gasteiger partial charge >= 0.3 is 5.97 Å². The van der Waals surface area contributed by atoms with Gasteiger partial charge in [0.2, 0.25) is 5.82 Å². The number of ether oxygens (including phenoxy) is 2. The van der Waals surface area contributed by atoms with Crippen LogP contribution in [0.25, 0.3) is 0 Å². The maximum absolute atomic E-state index is 13.7. The molecule has 6 heteroatoms. The van der Waals surface area contributed by atoms with Crippen LogP contribution in [0.1, 0.15) is 38.2 Å². The molecule has 1 fully saturated rings. The van der Waals surface area contributed by atoms with Gasteiger partial charge in [0.1, 0.15) is 6.07 Å². The number of carbonyl (C=O) groups is 1. The van der Waals surface area contributed by atoms with Crippen molar-refractivity contribution in [2.75, 3.05) is 6.61 Å². The lowest BCUT2D eigenvalue weighted by molar-refractivity contribution is -0.141. The molecule has 0 aromatic heterocycles. The second kappa shape index (κ2) is 7.32. The number of nitriles is 1. The molecule has 0 N–H and O–H groups in total. The molecule has 118 valence electrons. The monoisotopic (exact) mass is 309 g/mol. The smallest absolute Gasteiger partial charge is 0.314 e. The quantitative estimate of drug-likeness (QED) is 0.632. The summed E-state index contributed by atoms with van der Waals surface area (Å²) in [5.74, 6) is -4.00.